The van der Waals surface area contributed by atoms with Gasteiger partial charge >= 0.3 is 0 Å². The summed E-state index contributed by atoms with van der Waals surface area (Å²) in [5.74, 6) is 0. The molecule has 0 aliphatic carbocycles. The van der Waals surface area contributed by atoms with E-state index in [4.69, 9.17) is 4.79 Å². The van der Waals surface area contributed by atoms with Gasteiger partial charge in [0.1, 0.15) is 0 Å². The zero-order valence-corrected chi connectivity index (χ0v) is 11.3. The molecule has 0 rings (SSSR count). The largest absolute Gasteiger partial charge is 0.419 e. The third kappa shape index (κ3) is 37.5. The van der Waals surface area contributed by atoms with E-state index in [1.807, 2.05) is 0 Å². The van der Waals surface area contributed by atoms with Crippen LogP contribution in [0.5, 0.6) is 0 Å². The molecular weight excluding hydrogens is 291 g/mol. The van der Waals surface area contributed by atoms with Crippen molar-refractivity contribution in [3.05, 3.63) is 12.7 Å². The van der Waals surface area contributed by atoms with Gasteiger partial charge < -0.3 is 4.79 Å². The summed E-state index contributed by atoms with van der Waals surface area (Å²) in [4.78, 5) is 8.93. The topological polar surface area (TPSA) is 17.1 Å². The second-order valence-corrected chi connectivity index (χ2v) is 0.322. The molecule has 0 bridgehead atoms. The minimum Gasteiger partial charge on any atom is -0.419 e. The first-order valence-electron chi connectivity index (χ1n) is 0.901. The van der Waals surface area contributed by atoms with Crippen LogP contribution in [0.15, 0.2) is 12.7 Å². The van der Waals surface area contributed by atoms with Crippen LogP contribution >= 0.6 is 0 Å². The van der Waals surface area contributed by atoms with E-state index in [2.05, 4.69) is 6.58 Å². The maximum absolute atomic E-state index is 8.93. The van der Waals surface area contributed by atoms with Crippen LogP contribution in [-0.2, 0) is 66.1 Å². The summed E-state index contributed by atoms with van der Waals surface area (Å²) in [6, 6.07) is 0. The predicted molar refractivity (Wildman–Crippen MR) is 15.9 cm³/mol. The Balaban J connectivity index is -0.0000000150. The fourth-order valence-electron chi connectivity index (χ4n) is 0. The molecule has 1 nitrogen and oxygen atoms in total. The summed E-state index contributed by atoms with van der Waals surface area (Å²) in [7, 11) is 0. The molecule has 0 atom stereocenters. The molecule has 0 amide bonds. The van der Waals surface area contributed by atoms with Crippen LogP contribution in [0.3, 0.4) is 0 Å². The third-order valence-corrected chi connectivity index (χ3v) is 0.0833. The van der Waals surface area contributed by atoms with E-state index in [-0.39, 0.29) is 61.3 Å². The molecule has 1 radical (unpaired) electrons. The standard InChI is InChI=1S/C3H3O.Ag.2Zn/c1-2-3-4;;;/h2H,1H2;;;/q-1;;;. The van der Waals surface area contributed by atoms with Crippen molar-refractivity contribution in [1.29, 1.82) is 0 Å². The maximum atomic E-state index is 8.93. The third-order valence-electron chi connectivity index (χ3n) is 0.0833. The monoisotopic (exact) mass is 290 g/mol. The molecule has 0 spiro atoms. The summed E-state index contributed by atoms with van der Waals surface area (Å²) < 4.78 is 0. The quantitative estimate of drug-likeness (QED) is 0.385. The number of allylic oxidation sites excluding steroid dienone is 1. The van der Waals surface area contributed by atoms with Crippen LogP contribution in [0, 0.1) is 0 Å². The second kappa shape index (κ2) is 26.2. The normalized spacial score (nSPS) is 2.86. The van der Waals surface area contributed by atoms with E-state index < -0.39 is 0 Å². The molecule has 0 aliphatic rings. The summed E-state index contributed by atoms with van der Waals surface area (Å²) >= 11 is 0. The Morgan fingerprint density at radius 1 is 1.43 bits per heavy atom. The Bertz CT molecular complexity index is 33.9. The van der Waals surface area contributed by atoms with Gasteiger partial charge in [0.25, 0.3) is 0 Å². The number of carbonyl (C=O) groups excluding carboxylic acids is 1. The Hall–Kier alpha value is 1.40. The molecule has 0 aromatic heterocycles. The molecule has 37 valence electrons. The van der Waals surface area contributed by atoms with Gasteiger partial charge in [0.2, 0.25) is 0 Å². The van der Waals surface area contributed by atoms with Crippen LogP contribution in [0.25, 0.3) is 0 Å². The van der Waals surface area contributed by atoms with Crippen molar-refractivity contribution in [2.24, 2.45) is 0 Å². The molecule has 0 aliphatic heterocycles. The second-order valence-electron chi connectivity index (χ2n) is 0.322. The summed E-state index contributed by atoms with van der Waals surface area (Å²) in [6.07, 6.45) is 2.51. The SMILES string of the molecule is C=C[C-]=O.[Ag].[Zn].[Zn]. The predicted octanol–water partition coefficient (Wildman–Crippen LogP) is 0.275. The maximum Gasteiger partial charge on any atom is 0 e. The van der Waals surface area contributed by atoms with Crippen molar-refractivity contribution >= 4 is 6.29 Å². The summed E-state index contributed by atoms with van der Waals surface area (Å²) in [5.41, 5.74) is 0. The average Bonchev–Trinajstić information content (AvgIpc) is 1.37. The Kier molecular flexibility index (Phi) is 89.1. The molecular formula is C3H3AgOZn2-. The van der Waals surface area contributed by atoms with E-state index in [1.165, 1.54) is 6.29 Å². The van der Waals surface area contributed by atoms with Gasteiger partial charge in [-0.15, -0.1) is 0 Å². The first-order valence-corrected chi connectivity index (χ1v) is 0.901. The molecule has 0 unspecified atom stereocenters. The van der Waals surface area contributed by atoms with Crippen molar-refractivity contribution in [2.75, 3.05) is 0 Å². The number of rotatable bonds is 1. The molecule has 0 heterocycles. The molecule has 4 heteroatoms. The van der Waals surface area contributed by atoms with Gasteiger partial charge in [0.15, 0.2) is 0 Å². The molecule has 7 heavy (non-hydrogen) atoms. The van der Waals surface area contributed by atoms with Crippen molar-refractivity contribution in [3.8, 4) is 0 Å². The van der Waals surface area contributed by atoms with E-state index in [0.29, 0.717) is 0 Å². The van der Waals surface area contributed by atoms with E-state index in [1.54, 1.807) is 0 Å². The van der Waals surface area contributed by atoms with Crippen LogP contribution in [-0.4, -0.2) is 6.29 Å². The minimum absolute atomic E-state index is 0. The molecule has 0 aromatic carbocycles. The van der Waals surface area contributed by atoms with Gasteiger partial charge in [-0.25, -0.2) is 12.7 Å². The fraction of sp³-hybridized carbons (Fsp3) is 0. The van der Waals surface area contributed by atoms with Crippen molar-refractivity contribution < 1.29 is 66.1 Å². The van der Waals surface area contributed by atoms with E-state index in [9.17, 15) is 0 Å². The minimum atomic E-state index is 0. The van der Waals surface area contributed by atoms with Gasteiger partial charge in [0, 0.05) is 61.3 Å². The Labute approximate surface area is 84.3 Å². The molecule has 0 N–H and O–H groups in total. The van der Waals surface area contributed by atoms with Crippen LogP contribution in [0.2, 0.25) is 0 Å². The van der Waals surface area contributed by atoms with Crippen LogP contribution in [0.4, 0.5) is 0 Å². The Morgan fingerprint density at radius 3 is 1.57 bits per heavy atom. The summed E-state index contributed by atoms with van der Waals surface area (Å²) in [5, 5.41) is 0. The van der Waals surface area contributed by atoms with Gasteiger partial charge in [-0.1, -0.05) is 0 Å². The first-order chi connectivity index (χ1) is 1.91. The van der Waals surface area contributed by atoms with Crippen molar-refractivity contribution in [3.63, 3.8) is 0 Å². The van der Waals surface area contributed by atoms with Crippen LogP contribution < -0.4 is 0 Å². The summed E-state index contributed by atoms with van der Waals surface area (Å²) in [6.45, 7) is 3.06. The first kappa shape index (κ1) is 23.8. The van der Waals surface area contributed by atoms with Crippen molar-refractivity contribution in [2.45, 2.75) is 0 Å². The number of hydrogen-bond donors (Lipinski definition) is 0. The molecule has 0 aromatic rings. The molecule has 0 saturated heterocycles. The smallest absolute Gasteiger partial charge is 0 e. The zero-order valence-electron chi connectivity index (χ0n) is 3.91. The van der Waals surface area contributed by atoms with Gasteiger partial charge in [-0.3, -0.25) is 0 Å². The van der Waals surface area contributed by atoms with E-state index in [0.717, 1.165) is 6.08 Å². The zero-order chi connectivity index (χ0) is 3.41. The van der Waals surface area contributed by atoms with Gasteiger partial charge in [0.05, 0.1) is 0 Å². The molecule has 0 fully saturated rings. The number of hydrogen-bond acceptors (Lipinski definition) is 1. The Morgan fingerprint density at radius 2 is 1.57 bits per heavy atom. The average molecular weight is 294 g/mol. The van der Waals surface area contributed by atoms with Gasteiger partial charge in [-0.05, 0) is 6.29 Å². The van der Waals surface area contributed by atoms with Crippen molar-refractivity contribution in [1.82, 2.24) is 0 Å². The van der Waals surface area contributed by atoms with E-state index >= 15 is 0 Å². The molecule has 0 saturated carbocycles. The van der Waals surface area contributed by atoms with Crippen LogP contribution in [0.1, 0.15) is 0 Å². The van der Waals surface area contributed by atoms with Gasteiger partial charge in [-0.2, -0.15) is 0 Å². The fourth-order valence-corrected chi connectivity index (χ4v) is 0.